The molecule has 2 aromatic rings. The molecule has 0 bridgehead atoms. The van der Waals surface area contributed by atoms with E-state index in [0.717, 1.165) is 36.6 Å². The van der Waals surface area contributed by atoms with Crippen LogP contribution in [0.15, 0.2) is 12.4 Å². The van der Waals surface area contributed by atoms with Crippen LogP contribution in [0.25, 0.3) is 11.4 Å². The largest absolute Gasteiger partial charge is 0.272 e. The summed E-state index contributed by atoms with van der Waals surface area (Å²) in [5, 5.41) is 8.77. The van der Waals surface area contributed by atoms with Crippen LogP contribution in [0.3, 0.4) is 0 Å². The lowest BCUT2D eigenvalue weighted by Gasteiger charge is -2.03. The van der Waals surface area contributed by atoms with Crippen molar-refractivity contribution in [1.29, 1.82) is 0 Å². The van der Waals surface area contributed by atoms with Crippen LogP contribution in [0.1, 0.15) is 33.0 Å². The molecule has 0 unspecified atom stereocenters. The van der Waals surface area contributed by atoms with E-state index in [4.69, 9.17) is 0 Å². The summed E-state index contributed by atoms with van der Waals surface area (Å²) in [6.45, 7) is 7.47. The highest BCUT2D eigenvalue weighted by molar-refractivity contribution is 5.51. The van der Waals surface area contributed by atoms with Crippen LogP contribution in [0.2, 0.25) is 0 Å². The minimum Gasteiger partial charge on any atom is -0.272 e. The van der Waals surface area contributed by atoms with Crippen molar-refractivity contribution in [3.05, 3.63) is 18.2 Å². The highest BCUT2D eigenvalue weighted by Crippen LogP contribution is 2.15. The smallest absolute Gasteiger partial charge is 0.184 e. The van der Waals surface area contributed by atoms with E-state index in [1.54, 1.807) is 0 Å². The van der Waals surface area contributed by atoms with Crippen molar-refractivity contribution in [3.8, 4) is 11.4 Å². The number of aromatic nitrogens is 5. The molecule has 0 aliphatic rings. The zero-order chi connectivity index (χ0) is 13.1. The predicted octanol–water partition coefficient (Wildman–Crippen LogP) is 2.29. The maximum Gasteiger partial charge on any atom is 0.184 e. The lowest BCUT2D eigenvalue weighted by molar-refractivity contribution is 0.487. The van der Waals surface area contributed by atoms with E-state index in [-0.39, 0.29) is 0 Å². The molecule has 0 saturated heterocycles. The zero-order valence-electron chi connectivity index (χ0n) is 11.6. The lowest BCUT2D eigenvalue weighted by Crippen LogP contribution is -2.01. The quantitative estimate of drug-likeness (QED) is 0.814. The molecule has 0 atom stereocenters. The van der Waals surface area contributed by atoms with Crippen LogP contribution >= 0.6 is 0 Å². The Morgan fingerprint density at radius 2 is 2.11 bits per heavy atom. The molecule has 0 N–H and O–H groups in total. The second-order valence-corrected chi connectivity index (χ2v) is 5.00. The van der Waals surface area contributed by atoms with Gasteiger partial charge in [0.15, 0.2) is 5.82 Å². The fraction of sp³-hybridized carbons (Fsp3) is 0.615. The van der Waals surface area contributed by atoms with E-state index >= 15 is 0 Å². The summed E-state index contributed by atoms with van der Waals surface area (Å²) in [6, 6.07) is 0. The van der Waals surface area contributed by atoms with Gasteiger partial charge >= 0.3 is 0 Å². The molecule has 2 rings (SSSR count). The Hall–Kier alpha value is -1.65. The van der Waals surface area contributed by atoms with E-state index in [0.29, 0.717) is 5.92 Å². The summed E-state index contributed by atoms with van der Waals surface area (Å²) in [4.78, 5) is 4.51. The van der Waals surface area contributed by atoms with Crippen LogP contribution in [0.5, 0.6) is 0 Å². The fourth-order valence-corrected chi connectivity index (χ4v) is 1.84. The predicted molar refractivity (Wildman–Crippen MR) is 71.1 cm³/mol. The lowest BCUT2D eigenvalue weighted by atomic mass is 10.1. The molecule has 5 heteroatoms. The number of rotatable bonds is 5. The third-order valence-electron chi connectivity index (χ3n) is 3.00. The molecule has 0 aliphatic heterocycles. The molecule has 18 heavy (non-hydrogen) atoms. The van der Waals surface area contributed by atoms with Crippen LogP contribution in [0, 0.1) is 5.92 Å². The Morgan fingerprint density at radius 1 is 1.33 bits per heavy atom. The van der Waals surface area contributed by atoms with Gasteiger partial charge in [-0.25, -0.2) is 4.98 Å². The summed E-state index contributed by atoms with van der Waals surface area (Å²) in [5.74, 6) is 2.46. The Morgan fingerprint density at radius 3 is 2.72 bits per heavy atom. The van der Waals surface area contributed by atoms with E-state index in [2.05, 4.69) is 36.0 Å². The van der Waals surface area contributed by atoms with Gasteiger partial charge in [0, 0.05) is 26.2 Å². The summed E-state index contributed by atoms with van der Waals surface area (Å²) in [6.07, 6.45) is 5.90. The van der Waals surface area contributed by atoms with Gasteiger partial charge in [-0.1, -0.05) is 20.8 Å². The molecule has 0 radical (unpaired) electrons. The maximum absolute atomic E-state index is 4.51. The van der Waals surface area contributed by atoms with Gasteiger partial charge in [0.1, 0.15) is 5.82 Å². The summed E-state index contributed by atoms with van der Waals surface area (Å²) < 4.78 is 3.80. The van der Waals surface area contributed by atoms with Crippen molar-refractivity contribution in [2.24, 2.45) is 13.0 Å². The molecule has 0 saturated carbocycles. The fourth-order valence-electron chi connectivity index (χ4n) is 1.84. The minimum absolute atomic E-state index is 0.692. The van der Waals surface area contributed by atoms with Crippen molar-refractivity contribution < 1.29 is 0 Å². The molecule has 0 aliphatic carbocycles. The van der Waals surface area contributed by atoms with Crippen LogP contribution in [0.4, 0.5) is 0 Å². The number of hydrogen-bond acceptors (Lipinski definition) is 3. The first-order valence-electron chi connectivity index (χ1n) is 6.53. The minimum atomic E-state index is 0.692. The molecule has 0 amide bonds. The molecule has 98 valence electrons. The molecule has 2 heterocycles. The van der Waals surface area contributed by atoms with Gasteiger partial charge in [0.25, 0.3) is 0 Å². The van der Waals surface area contributed by atoms with Gasteiger partial charge < -0.3 is 0 Å². The molecule has 0 spiro atoms. The molecule has 0 fully saturated rings. The number of hydrogen-bond donors (Lipinski definition) is 0. The molecular formula is C13H21N5. The van der Waals surface area contributed by atoms with Gasteiger partial charge in [-0.05, 0) is 12.3 Å². The molecular weight excluding hydrogens is 226 g/mol. The van der Waals surface area contributed by atoms with Crippen molar-refractivity contribution in [1.82, 2.24) is 24.5 Å². The summed E-state index contributed by atoms with van der Waals surface area (Å²) >= 11 is 0. The van der Waals surface area contributed by atoms with Crippen LogP contribution in [-0.2, 0) is 20.0 Å². The highest BCUT2D eigenvalue weighted by Gasteiger charge is 2.10. The maximum atomic E-state index is 4.51. The Bertz CT molecular complexity index is 509. The number of aryl methyl sites for hydroxylation is 3. The SMILES string of the molecule is CCc1nc(-c2cnn(CCC(C)C)c2)nn1C. The second kappa shape index (κ2) is 5.33. The molecule has 5 nitrogen and oxygen atoms in total. The average molecular weight is 247 g/mol. The Kier molecular flexibility index (Phi) is 3.79. The van der Waals surface area contributed by atoms with Crippen molar-refractivity contribution >= 4 is 0 Å². The average Bonchev–Trinajstić information content (AvgIpc) is 2.92. The van der Waals surface area contributed by atoms with Gasteiger partial charge in [-0.2, -0.15) is 10.2 Å². The van der Waals surface area contributed by atoms with Crippen LogP contribution in [-0.4, -0.2) is 24.5 Å². The highest BCUT2D eigenvalue weighted by atomic mass is 15.3. The number of nitrogens with zero attached hydrogens (tertiary/aromatic N) is 5. The Balaban J connectivity index is 2.13. The monoisotopic (exact) mass is 247 g/mol. The van der Waals surface area contributed by atoms with Crippen molar-refractivity contribution in [2.75, 3.05) is 0 Å². The van der Waals surface area contributed by atoms with E-state index in [9.17, 15) is 0 Å². The van der Waals surface area contributed by atoms with Gasteiger partial charge in [-0.15, -0.1) is 0 Å². The van der Waals surface area contributed by atoms with E-state index < -0.39 is 0 Å². The summed E-state index contributed by atoms with van der Waals surface area (Å²) in [7, 11) is 1.93. The van der Waals surface area contributed by atoms with E-state index in [1.165, 1.54) is 0 Å². The standard InChI is InChI=1S/C13H21N5/c1-5-12-15-13(16-17(12)4)11-8-14-18(9-11)7-6-10(2)3/h8-10H,5-7H2,1-4H3. The third-order valence-corrected chi connectivity index (χ3v) is 3.00. The zero-order valence-corrected chi connectivity index (χ0v) is 11.6. The first-order chi connectivity index (χ1) is 8.60. The second-order valence-electron chi connectivity index (χ2n) is 5.00. The normalized spacial score (nSPS) is 11.4. The molecule has 0 aromatic carbocycles. The first kappa shape index (κ1) is 12.8. The van der Waals surface area contributed by atoms with Gasteiger partial charge in [-0.3, -0.25) is 9.36 Å². The Labute approximate surface area is 108 Å². The van der Waals surface area contributed by atoms with Gasteiger partial charge in [0.05, 0.1) is 11.8 Å². The third kappa shape index (κ3) is 2.78. The topological polar surface area (TPSA) is 48.5 Å². The van der Waals surface area contributed by atoms with Crippen molar-refractivity contribution in [3.63, 3.8) is 0 Å². The summed E-state index contributed by atoms with van der Waals surface area (Å²) in [5.41, 5.74) is 0.994. The van der Waals surface area contributed by atoms with E-state index in [1.807, 2.05) is 28.8 Å². The molecule has 2 aromatic heterocycles. The first-order valence-corrected chi connectivity index (χ1v) is 6.53. The van der Waals surface area contributed by atoms with Crippen molar-refractivity contribution in [2.45, 2.75) is 40.2 Å². The van der Waals surface area contributed by atoms with Crippen LogP contribution < -0.4 is 0 Å². The van der Waals surface area contributed by atoms with Gasteiger partial charge in [0.2, 0.25) is 0 Å².